The van der Waals surface area contributed by atoms with Gasteiger partial charge in [0.25, 0.3) is 6.43 Å². The van der Waals surface area contributed by atoms with Crippen LogP contribution in [0.15, 0.2) is 36.8 Å². The van der Waals surface area contributed by atoms with Gasteiger partial charge in [0.15, 0.2) is 11.5 Å². The average molecular weight is 479 g/mol. The predicted octanol–water partition coefficient (Wildman–Crippen LogP) is 3.85. The summed E-state index contributed by atoms with van der Waals surface area (Å²) in [5.41, 5.74) is 1.73. The number of carbonyl (C=O) groups is 1. The number of pyridine rings is 3. The number of morpholine rings is 1. The Hall–Kier alpha value is -3.73. The van der Waals surface area contributed by atoms with Gasteiger partial charge in [0.1, 0.15) is 11.5 Å². The first kappa shape index (κ1) is 21.8. The monoisotopic (exact) mass is 479 g/mol. The number of hydrogen-bond donors (Lipinski definition) is 1. The fourth-order valence-corrected chi connectivity index (χ4v) is 4.38. The highest BCUT2D eigenvalue weighted by Gasteiger charge is 2.30. The molecule has 1 aliphatic heterocycles. The van der Waals surface area contributed by atoms with E-state index in [4.69, 9.17) is 4.74 Å². The van der Waals surface area contributed by atoms with Gasteiger partial charge in [-0.15, -0.1) is 5.10 Å². The van der Waals surface area contributed by atoms with Crippen molar-refractivity contribution in [1.82, 2.24) is 24.6 Å². The van der Waals surface area contributed by atoms with Crippen molar-refractivity contribution in [2.75, 3.05) is 29.9 Å². The number of anilines is 2. The second-order valence-electron chi connectivity index (χ2n) is 8.99. The molecule has 2 fully saturated rings. The van der Waals surface area contributed by atoms with Gasteiger partial charge in [-0.2, -0.15) is 0 Å². The molecule has 0 aromatic carbocycles. The molecule has 5 heterocycles. The quantitative estimate of drug-likeness (QED) is 0.464. The molecular weight excluding hydrogens is 456 g/mol. The molecule has 1 N–H and O–H groups in total. The average Bonchev–Trinajstić information content (AvgIpc) is 3.62. The molecule has 2 aliphatic rings. The normalized spacial score (nSPS) is 18.5. The first-order valence-corrected chi connectivity index (χ1v) is 11.6. The van der Waals surface area contributed by atoms with Crippen LogP contribution < -0.4 is 10.2 Å². The Bertz CT molecular complexity index is 1440. The highest BCUT2D eigenvalue weighted by Crippen LogP contribution is 2.34. The number of fused-ring (bicyclic) bond motifs is 2. The summed E-state index contributed by atoms with van der Waals surface area (Å²) < 4.78 is 34.6. The molecule has 6 rings (SSSR count). The Morgan fingerprint density at radius 3 is 2.83 bits per heavy atom. The standard InChI is InChI=1S/C24H23F2N7O2/c1-13-11-32(6-7-35-13)15-4-5-20-30-23(31-33(20)12-15)18-10-28-21(22(25)26)17-9-27-19(8-16(17)18)29-24(34)14-2-3-14/h4-5,8-10,12-14,22H,2-3,6-7,11H2,1H3,(H,27,29,34)/t13-/m1/s1. The molecule has 0 radical (unpaired) electrons. The van der Waals surface area contributed by atoms with Crippen LogP contribution in [0.5, 0.6) is 0 Å². The molecule has 1 aliphatic carbocycles. The van der Waals surface area contributed by atoms with Crippen LogP contribution in [0.1, 0.15) is 31.9 Å². The SMILES string of the molecule is C[C@@H]1CN(c2ccc3nc(-c4cnc(C(F)F)c5cnc(NC(=O)C6CC6)cc45)nn3c2)CCO1. The topological polar surface area (TPSA) is 97.5 Å². The number of halogens is 2. The molecule has 1 saturated heterocycles. The number of amides is 1. The van der Waals surface area contributed by atoms with E-state index in [1.165, 1.54) is 12.4 Å². The van der Waals surface area contributed by atoms with Gasteiger partial charge in [0.05, 0.1) is 24.6 Å². The third-order valence-corrected chi connectivity index (χ3v) is 6.37. The lowest BCUT2D eigenvalue weighted by Crippen LogP contribution is -2.41. The molecule has 0 spiro atoms. The summed E-state index contributed by atoms with van der Waals surface area (Å²) in [7, 11) is 0. The van der Waals surface area contributed by atoms with Gasteiger partial charge in [0.2, 0.25) is 5.91 Å². The molecule has 9 nitrogen and oxygen atoms in total. The van der Waals surface area contributed by atoms with Crippen molar-refractivity contribution in [3.05, 3.63) is 42.5 Å². The number of hydrogen-bond acceptors (Lipinski definition) is 7. The Balaban J connectivity index is 1.41. The summed E-state index contributed by atoms with van der Waals surface area (Å²) in [5, 5.41) is 8.05. The minimum Gasteiger partial charge on any atom is -0.375 e. The van der Waals surface area contributed by atoms with Crippen molar-refractivity contribution in [3.8, 4) is 11.4 Å². The molecule has 1 amide bonds. The zero-order chi connectivity index (χ0) is 24.1. The van der Waals surface area contributed by atoms with Gasteiger partial charge >= 0.3 is 0 Å². The van der Waals surface area contributed by atoms with E-state index in [0.29, 0.717) is 34.8 Å². The number of carbonyl (C=O) groups excluding carboxylic acids is 1. The van der Waals surface area contributed by atoms with Crippen molar-refractivity contribution in [1.29, 1.82) is 0 Å². The highest BCUT2D eigenvalue weighted by atomic mass is 19.3. The zero-order valence-corrected chi connectivity index (χ0v) is 19.0. The smallest absolute Gasteiger partial charge is 0.281 e. The Morgan fingerprint density at radius 1 is 1.20 bits per heavy atom. The maximum absolute atomic E-state index is 13.7. The summed E-state index contributed by atoms with van der Waals surface area (Å²) in [4.78, 5) is 27.2. The third kappa shape index (κ3) is 4.16. The lowest BCUT2D eigenvalue weighted by atomic mass is 10.1. The van der Waals surface area contributed by atoms with Gasteiger partial charge in [-0.05, 0) is 38.0 Å². The minimum absolute atomic E-state index is 0.00946. The van der Waals surface area contributed by atoms with Gasteiger partial charge in [-0.3, -0.25) is 9.78 Å². The number of alkyl halides is 2. The fourth-order valence-electron chi connectivity index (χ4n) is 4.38. The number of rotatable bonds is 5. The van der Waals surface area contributed by atoms with Crippen LogP contribution >= 0.6 is 0 Å². The molecule has 4 aromatic rings. The van der Waals surface area contributed by atoms with E-state index in [0.717, 1.165) is 31.6 Å². The molecule has 1 atom stereocenters. The van der Waals surface area contributed by atoms with Gasteiger partial charge in [0, 0.05) is 47.7 Å². The van der Waals surface area contributed by atoms with E-state index < -0.39 is 6.43 Å². The molecular formula is C24H23F2N7O2. The summed E-state index contributed by atoms with van der Waals surface area (Å²) in [6, 6.07) is 5.44. The molecule has 1 saturated carbocycles. The second kappa shape index (κ2) is 8.49. The van der Waals surface area contributed by atoms with Crippen molar-refractivity contribution >= 4 is 33.8 Å². The number of nitrogens with zero attached hydrogens (tertiary/aromatic N) is 6. The van der Waals surface area contributed by atoms with Gasteiger partial charge in [-0.1, -0.05) is 0 Å². The van der Waals surface area contributed by atoms with Crippen LogP contribution in [0.3, 0.4) is 0 Å². The van der Waals surface area contributed by atoms with Crippen LogP contribution in [-0.2, 0) is 9.53 Å². The summed E-state index contributed by atoms with van der Waals surface area (Å²) in [5.74, 6) is 0.526. The van der Waals surface area contributed by atoms with E-state index in [1.807, 2.05) is 25.3 Å². The first-order chi connectivity index (χ1) is 17.0. The molecule has 11 heteroatoms. The van der Waals surface area contributed by atoms with Crippen molar-refractivity contribution < 1.29 is 18.3 Å². The Labute approximate surface area is 199 Å². The lowest BCUT2D eigenvalue weighted by Gasteiger charge is -2.32. The maximum atomic E-state index is 13.7. The fraction of sp³-hybridized carbons (Fsp3) is 0.375. The molecule has 0 bridgehead atoms. The Morgan fingerprint density at radius 2 is 2.06 bits per heavy atom. The predicted molar refractivity (Wildman–Crippen MR) is 125 cm³/mol. The van der Waals surface area contributed by atoms with Gasteiger partial charge in [-0.25, -0.2) is 23.3 Å². The summed E-state index contributed by atoms with van der Waals surface area (Å²) >= 11 is 0. The van der Waals surface area contributed by atoms with E-state index in [1.54, 1.807) is 10.6 Å². The van der Waals surface area contributed by atoms with Crippen LogP contribution in [-0.4, -0.2) is 56.3 Å². The highest BCUT2D eigenvalue weighted by molar-refractivity contribution is 6.00. The molecule has 180 valence electrons. The Kier molecular flexibility index (Phi) is 5.28. The molecule has 35 heavy (non-hydrogen) atoms. The number of aromatic nitrogens is 5. The van der Waals surface area contributed by atoms with Gasteiger partial charge < -0.3 is 15.0 Å². The van der Waals surface area contributed by atoms with E-state index in [-0.39, 0.29) is 29.0 Å². The van der Waals surface area contributed by atoms with Crippen LogP contribution in [0, 0.1) is 5.92 Å². The lowest BCUT2D eigenvalue weighted by molar-refractivity contribution is -0.117. The second-order valence-corrected chi connectivity index (χ2v) is 8.99. The minimum atomic E-state index is -2.77. The van der Waals surface area contributed by atoms with E-state index in [2.05, 4.69) is 30.3 Å². The van der Waals surface area contributed by atoms with Crippen LogP contribution in [0.4, 0.5) is 20.3 Å². The number of ether oxygens (including phenoxy) is 1. The third-order valence-electron chi connectivity index (χ3n) is 6.37. The maximum Gasteiger partial charge on any atom is 0.281 e. The zero-order valence-electron chi connectivity index (χ0n) is 19.0. The number of nitrogens with one attached hydrogen (secondary N) is 1. The van der Waals surface area contributed by atoms with Crippen molar-refractivity contribution in [2.45, 2.75) is 32.3 Å². The summed E-state index contributed by atoms with van der Waals surface area (Å²) in [6.07, 6.45) is 3.64. The molecule has 4 aromatic heterocycles. The van der Waals surface area contributed by atoms with Crippen LogP contribution in [0.25, 0.3) is 27.8 Å². The first-order valence-electron chi connectivity index (χ1n) is 11.6. The molecule has 0 unspecified atom stereocenters. The van der Waals surface area contributed by atoms with Crippen LogP contribution in [0.2, 0.25) is 0 Å². The summed E-state index contributed by atoms with van der Waals surface area (Å²) in [6.45, 7) is 4.25. The largest absolute Gasteiger partial charge is 0.375 e. The van der Waals surface area contributed by atoms with Crippen molar-refractivity contribution in [2.24, 2.45) is 5.92 Å². The van der Waals surface area contributed by atoms with E-state index >= 15 is 0 Å². The van der Waals surface area contributed by atoms with Crippen molar-refractivity contribution in [3.63, 3.8) is 0 Å². The van der Waals surface area contributed by atoms with E-state index in [9.17, 15) is 13.6 Å².